The second-order valence-corrected chi connectivity index (χ2v) is 5.94. The summed E-state index contributed by atoms with van der Waals surface area (Å²) in [6.45, 7) is -1.22. The van der Waals surface area contributed by atoms with E-state index in [1.807, 2.05) is 0 Å². The first kappa shape index (κ1) is 22.8. The van der Waals surface area contributed by atoms with Crippen molar-refractivity contribution in [3.63, 3.8) is 0 Å². The maximum absolute atomic E-state index is 13.0. The number of nitrogens with zero attached hydrogens (tertiary/aromatic N) is 1. The molecule has 2 atom stereocenters. The number of benzene rings is 1. The SMILES string of the molecule is COc1cc(NC(=O)CN2C[C@@H](C(F)(F)F)[C@H](C(=O)O)C2)cc(OC)c1.Cl. The van der Waals surface area contributed by atoms with Crippen molar-refractivity contribution < 1.29 is 37.3 Å². The van der Waals surface area contributed by atoms with Gasteiger partial charge in [0.25, 0.3) is 0 Å². The zero-order valence-corrected chi connectivity index (χ0v) is 15.4. The molecule has 2 N–H and O–H groups in total. The molecule has 1 heterocycles. The van der Waals surface area contributed by atoms with E-state index in [4.69, 9.17) is 14.6 Å². The summed E-state index contributed by atoms with van der Waals surface area (Å²) in [6.07, 6.45) is -4.63. The van der Waals surface area contributed by atoms with Crippen LogP contribution in [-0.4, -0.2) is 61.9 Å². The van der Waals surface area contributed by atoms with Crippen molar-refractivity contribution in [1.82, 2.24) is 4.90 Å². The number of likely N-dealkylation sites (tertiary alicyclic amines) is 1. The average Bonchev–Trinajstić information content (AvgIpc) is 2.98. The molecule has 0 aliphatic carbocycles. The summed E-state index contributed by atoms with van der Waals surface area (Å²) in [6, 6.07) is 4.66. The Labute approximate surface area is 159 Å². The molecule has 0 saturated carbocycles. The Balaban J connectivity index is 0.00000364. The molecule has 11 heteroatoms. The first-order valence-corrected chi connectivity index (χ1v) is 7.69. The zero-order chi connectivity index (χ0) is 19.5. The summed E-state index contributed by atoms with van der Waals surface area (Å²) in [5.74, 6) is -4.79. The van der Waals surface area contributed by atoms with Gasteiger partial charge >= 0.3 is 12.1 Å². The van der Waals surface area contributed by atoms with Crippen LogP contribution in [0.2, 0.25) is 0 Å². The minimum absolute atomic E-state index is 0. The van der Waals surface area contributed by atoms with E-state index in [0.717, 1.165) is 0 Å². The number of carboxylic acid groups (broad SMARTS) is 1. The molecule has 1 fully saturated rings. The van der Waals surface area contributed by atoms with Gasteiger partial charge in [0.1, 0.15) is 11.5 Å². The fraction of sp³-hybridized carbons (Fsp3) is 0.500. The molecule has 1 aromatic carbocycles. The van der Waals surface area contributed by atoms with Gasteiger partial charge in [-0.1, -0.05) is 0 Å². The van der Waals surface area contributed by atoms with Crippen LogP contribution in [0.25, 0.3) is 0 Å². The molecule has 1 aliphatic rings. The fourth-order valence-electron chi connectivity index (χ4n) is 2.88. The number of alkyl halides is 3. The van der Waals surface area contributed by atoms with Gasteiger partial charge in [0.15, 0.2) is 0 Å². The number of methoxy groups -OCH3 is 2. The van der Waals surface area contributed by atoms with E-state index in [1.165, 1.54) is 31.3 Å². The highest BCUT2D eigenvalue weighted by molar-refractivity contribution is 5.92. The molecule has 0 spiro atoms. The Kier molecular flexibility index (Phi) is 7.73. The third-order valence-electron chi connectivity index (χ3n) is 4.14. The lowest BCUT2D eigenvalue weighted by Crippen LogP contribution is -2.34. The normalized spacial score (nSPS) is 19.9. The third kappa shape index (κ3) is 5.90. The van der Waals surface area contributed by atoms with Crippen molar-refractivity contribution in [3.8, 4) is 11.5 Å². The molecule has 1 saturated heterocycles. The van der Waals surface area contributed by atoms with Gasteiger partial charge in [-0.3, -0.25) is 14.5 Å². The molecule has 0 aromatic heterocycles. The predicted molar refractivity (Wildman–Crippen MR) is 92.5 cm³/mol. The molecule has 2 rings (SSSR count). The minimum atomic E-state index is -4.63. The van der Waals surface area contributed by atoms with Crippen LogP contribution in [0.5, 0.6) is 11.5 Å². The van der Waals surface area contributed by atoms with E-state index >= 15 is 0 Å². The van der Waals surface area contributed by atoms with Gasteiger partial charge in [-0.2, -0.15) is 13.2 Å². The van der Waals surface area contributed by atoms with Crippen molar-refractivity contribution in [1.29, 1.82) is 0 Å². The summed E-state index contributed by atoms with van der Waals surface area (Å²) in [5.41, 5.74) is 0.354. The number of anilines is 1. The second-order valence-electron chi connectivity index (χ2n) is 5.94. The van der Waals surface area contributed by atoms with Crippen LogP contribution < -0.4 is 14.8 Å². The highest BCUT2D eigenvalue weighted by Gasteiger charge is 2.52. The number of carbonyl (C=O) groups is 2. The Hall–Kier alpha value is -2.20. The minimum Gasteiger partial charge on any atom is -0.497 e. The lowest BCUT2D eigenvalue weighted by molar-refractivity contribution is -0.188. The van der Waals surface area contributed by atoms with Crippen molar-refractivity contribution in [2.24, 2.45) is 11.8 Å². The summed E-state index contributed by atoms with van der Waals surface area (Å²) in [4.78, 5) is 24.4. The van der Waals surface area contributed by atoms with Crippen LogP contribution in [0.1, 0.15) is 0 Å². The fourth-order valence-corrected chi connectivity index (χ4v) is 2.88. The van der Waals surface area contributed by atoms with E-state index in [2.05, 4.69) is 5.32 Å². The topological polar surface area (TPSA) is 88.1 Å². The van der Waals surface area contributed by atoms with Crippen LogP contribution in [0.15, 0.2) is 18.2 Å². The maximum atomic E-state index is 13.0. The molecule has 1 aliphatic heterocycles. The Bertz CT molecular complexity index is 664. The van der Waals surface area contributed by atoms with E-state index in [-0.39, 0.29) is 25.5 Å². The maximum Gasteiger partial charge on any atom is 0.393 e. The Morgan fingerprint density at radius 1 is 1.19 bits per heavy atom. The average molecular weight is 413 g/mol. The Morgan fingerprint density at radius 3 is 2.15 bits per heavy atom. The first-order chi connectivity index (χ1) is 12.1. The van der Waals surface area contributed by atoms with Crippen molar-refractivity contribution in [2.75, 3.05) is 39.2 Å². The van der Waals surface area contributed by atoms with Crippen molar-refractivity contribution >= 4 is 30.0 Å². The van der Waals surface area contributed by atoms with Gasteiger partial charge in [0.2, 0.25) is 5.91 Å². The van der Waals surface area contributed by atoms with Gasteiger partial charge in [-0.25, -0.2) is 0 Å². The predicted octanol–water partition coefficient (Wildman–Crippen LogP) is 2.26. The molecule has 0 bridgehead atoms. The van der Waals surface area contributed by atoms with Crippen molar-refractivity contribution in [3.05, 3.63) is 18.2 Å². The quantitative estimate of drug-likeness (QED) is 0.745. The van der Waals surface area contributed by atoms with Gasteiger partial charge in [0.05, 0.1) is 32.6 Å². The number of carboxylic acids is 1. The van der Waals surface area contributed by atoms with Crippen LogP contribution in [0, 0.1) is 11.8 Å². The molecule has 27 heavy (non-hydrogen) atoms. The van der Waals surface area contributed by atoms with Gasteiger partial charge in [-0.05, 0) is 0 Å². The number of aliphatic carboxylic acids is 1. The highest BCUT2D eigenvalue weighted by Crippen LogP contribution is 2.37. The van der Waals surface area contributed by atoms with Gasteiger partial charge in [-0.15, -0.1) is 12.4 Å². The number of rotatable bonds is 6. The molecular formula is C16H20ClF3N2O5. The van der Waals surface area contributed by atoms with Crippen LogP contribution in [0.3, 0.4) is 0 Å². The zero-order valence-electron chi connectivity index (χ0n) is 14.6. The first-order valence-electron chi connectivity index (χ1n) is 7.69. The highest BCUT2D eigenvalue weighted by atomic mass is 35.5. The number of amides is 1. The van der Waals surface area contributed by atoms with E-state index in [9.17, 15) is 22.8 Å². The molecule has 152 valence electrons. The van der Waals surface area contributed by atoms with Gasteiger partial charge in [0, 0.05) is 37.0 Å². The summed E-state index contributed by atoms with van der Waals surface area (Å²) >= 11 is 0. The molecule has 0 radical (unpaired) electrons. The molecule has 1 amide bonds. The number of ether oxygens (including phenoxy) is 2. The number of hydrogen-bond donors (Lipinski definition) is 2. The Morgan fingerprint density at radius 2 is 1.74 bits per heavy atom. The summed E-state index contributed by atoms with van der Waals surface area (Å²) in [7, 11) is 2.88. The summed E-state index contributed by atoms with van der Waals surface area (Å²) in [5, 5.41) is 11.5. The monoisotopic (exact) mass is 412 g/mol. The molecule has 7 nitrogen and oxygen atoms in total. The number of nitrogens with one attached hydrogen (secondary N) is 1. The largest absolute Gasteiger partial charge is 0.497 e. The van der Waals surface area contributed by atoms with Crippen molar-refractivity contribution in [2.45, 2.75) is 6.18 Å². The lowest BCUT2D eigenvalue weighted by Gasteiger charge is -2.18. The number of carbonyl (C=O) groups excluding carboxylic acids is 1. The van der Waals surface area contributed by atoms with Crippen LogP contribution in [0.4, 0.5) is 18.9 Å². The van der Waals surface area contributed by atoms with E-state index in [0.29, 0.717) is 17.2 Å². The number of hydrogen-bond acceptors (Lipinski definition) is 5. The summed E-state index contributed by atoms with van der Waals surface area (Å²) < 4.78 is 49.1. The van der Waals surface area contributed by atoms with E-state index < -0.39 is 36.4 Å². The molecule has 1 aromatic rings. The van der Waals surface area contributed by atoms with Crippen LogP contribution >= 0.6 is 12.4 Å². The third-order valence-corrected chi connectivity index (χ3v) is 4.14. The smallest absolute Gasteiger partial charge is 0.393 e. The molecule has 0 unspecified atom stereocenters. The van der Waals surface area contributed by atoms with Crippen LogP contribution in [-0.2, 0) is 9.59 Å². The van der Waals surface area contributed by atoms with E-state index in [1.54, 1.807) is 6.07 Å². The second kappa shape index (κ2) is 9.14. The van der Waals surface area contributed by atoms with Gasteiger partial charge < -0.3 is 19.9 Å². The molecular weight excluding hydrogens is 393 g/mol. The number of halogens is 4. The lowest BCUT2D eigenvalue weighted by atomic mass is 9.96. The standard InChI is InChI=1S/C16H19F3N2O5.ClH/c1-25-10-3-9(4-11(5-10)26-2)20-14(22)8-21-6-12(15(23)24)13(7-21)16(17,18)19;/h3-5,12-13H,6-8H2,1-2H3,(H,20,22)(H,23,24);1H/t12-,13-;/m1./s1.